The number of carboxylic acids is 1. The lowest BCUT2D eigenvalue weighted by molar-refractivity contribution is 0.0697. The molecular weight excluding hydrogens is 566 g/mol. The molecule has 1 fully saturated rings. The van der Waals surface area contributed by atoms with Crippen molar-refractivity contribution in [3.63, 3.8) is 0 Å². The van der Waals surface area contributed by atoms with Crippen LogP contribution >= 0.6 is 11.6 Å². The molecule has 0 aliphatic heterocycles. The van der Waals surface area contributed by atoms with Gasteiger partial charge in [-0.2, -0.15) is 0 Å². The fourth-order valence-electron chi connectivity index (χ4n) is 6.34. The molecular formula is C38H40ClN3O2. The van der Waals surface area contributed by atoms with Crippen molar-refractivity contribution in [3.05, 3.63) is 118 Å². The maximum absolute atomic E-state index is 11.7. The van der Waals surface area contributed by atoms with Crippen LogP contribution in [0.1, 0.15) is 86.0 Å². The lowest BCUT2D eigenvalue weighted by Gasteiger charge is -2.27. The van der Waals surface area contributed by atoms with Gasteiger partial charge in [-0.05, 0) is 77.4 Å². The minimum atomic E-state index is -0.930. The van der Waals surface area contributed by atoms with Gasteiger partial charge in [0.1, 0.15) is 5.82 Å². The average molecular weight is 606 g/mol. The summed E-state index contributed by atoms with van der Waals surface area (Å²) < 4.78 is 2.36. The third-order valence-electron chi connectivity index (χ3n) is 8.85. The number of imidazole rings is 1. The molecule has 1 aromatic heterocycles. The Bertz CT molecular complexity index is 1740. The molecule has 0 spiro atoms. The van der Waals surface area contributed by atoms with Crippen LogP contribution in [0.25, 0.3) is 22.4 Å². The molecule has 1 aliphatic carbocycles. The highest BCUT2D eigenvalue weighted by Gasteiger charge is 2.23. The van der Waals surface area contributed by atoms with Crippen LogP contribution in [0.4, 0.5) is 5.69 Å². The lowest BCUT2D eigenvalue weighted by atomic mass is 9.87. The Hall–Kier alpha value is -4.09. The van der Waals surface area contributed by atoms with Crippen LogP contribution in [-0.2, 0) is 18.5 Å². The van der Waals surface area contributed by atoms with Gasteiger partial charge in [-0.3, -0.25) is 0 Å². The number of aromatic nitrogens is 2. The molecule has 1 saturated carbocycles. The molecule has 0 atom stereocenters. The van der Waals surface area contributed by atoms with Crippen molar-refractivity contribution in [2.24, 2.45) is 0 Å². The van der Waals surface area contributed by atoms with Crippen molar-refractivity contribution in [1.29, 1.82) is 0 Å². The molecule has 1 aliphatic rings. The zero-order valence-corrected chi connectivity index (χ0v) is 26.5. The normalized spacial score (nSPS) is 14.2. The molecule has 5 nitrogen and oxygen atoms in total. The maximum atomic E-state index is 11.7. The summed E-state index contributed by atoms with van der Waals surface area (Å²) in [7, 11) is 0. The zero-order valence-electron chi connectivity index (χ0n) is 25.8. The molecule has 226 valence electrons. The number of benzene rings is 4. The van der Waals surface area contributed by atoms with Gasteiger partial charge in [-0.1, -0.05) is 100 Å². The van der Waals surface area contributed by atoms with E-state index in [1.54, 1.807) is 12.1 Å². The largest absolute Gasteiger partial charge is 0.478 e. The van der Waals surface area contributed by atoms with E-state index < -0.39 is 5.97 Å². The first-order valence-corrected chi connectivity index (χ1v) is 16.0. The van der Waals surface area contributed by atoms with E-state index in [1.807, 2.05) is 18.2 Å². The van der Waals surface area contributed by atoms with Crippen molar-refractivity contribution in [1.82, 2.24) is 9.55 Å². The second kappa shape index (κ2) is 12.5. The summed E-state index contributed by atoms with van der Waals surface area (Å²) in [4.78, 5) is 19.1. The minimum absolute atomic E-state index is 0.117. The molecule has 4 aromatic carbocycles. The Kier molecular flexibility index (Phi) is 8.50. The molecule has 0 radical (unpaired) electrons. The number of fused-ring (bicyclic) bond motifs is 1. The third kappa shape index (κ3) is 6.53. The summed E-state index contributed by atoms with van der Waals surface area (Å²) in [5.74, 6) is -0.0186. The van der Waals surface area contributed by atoms with Crippen LogP contribution in [-0.4, -0.2) is 20.6 Å². The predicted octanol–water partition coefficient (Wildman–Crippen LogP) is 10.1. The Morgan fingerprint density at radius 3 is 2.07 bits per heavy atom. The van der Waals surface area contributed by atoms with Crippen LogP contribution in [0.15, 0.2) is 91.0 Å². The highest BCUT2D eigenvalue weighted by Crippen LogP contribution is 2.36. The van der Waals surface area contributed by atoms with Gasteiger partial charge in [0.15, 0.2) is 0 Å². The molecule has 0 unspecified atom stereocenters. The van der Waals surface area contributed by atoms with Crippen molar-refractivity contribution in [2.45, 2.75) is 77.4 Å². The number of anilines is 1. The predicted molar refractivity (Wildman–Crippen MR) is 181 cm³/mol. The number of halogens is 1. The second-order valence-corrected chi connectivity index (χ2v) is 13.5. The van der Waals surface area contributed by atoms with Crippen LogP contribution in [0.2, 0.25) is 5.02 Å². The number of nitrogens with zero attached hydrogens (tertiary/aromatic N) is 3. The number of aromatic carboxylic acids is 1. The molecule has 6 heteroatoms. The van der Waals surface area contributed by atoms with Crippen LogP contribution in [0.3, 0.4) is 0 Å². The van der Waals surface area contributed by atoms with Gasteiger partial charge in [0.2, 0.25) is 0 Å². The van der Waals surface area contributed by atoms with Crippen LogP contribution < -0.4 is 4.90 Å². The SMILES string of the molecule is CC(C)(C)c1ccc(CN(Cc2ccc(-c3nc4cc(C(=O)O)ccc4n3C3CCCCC3)cc2)c2ccc(Cl)cc2)cc1. The molecule has 1 heterocycles. The van der Waals surface area contributed by atoms with E-state index >= 15 is 0 Å². The maximum Gasteiger partial charge on any atom is 0.335 e. The van der Waals surface area contributed by atoms with Gasteiger partial charge >= 0.3 is 5.97 Å². The van der Waals surface area contributed by atoms with E-state index in [4.69, 9.17) is 16.6 Å². The van der Waals surface area contributed by atoms with E-state index in [2.05, 4.69) is 90.9 Å². The fraction of sp³-hybridized carbons (Fsp3) is 0.316. The fourth-order valence-corrected chi connectivity index (χ4v) is 6.47. The van der Waals surface area contributed by atoms with Crippen molar-refractivity contribution in [2.75, 3.05) is 4.90 Å². The first-order chi connectivity index (χ1) is 21.2. The number of carboxylic acid groups (broad SMARTS) is 1. The molecule has 5 aromatic rings. The summed E-state index contributed by atoms with van der Waals surface area (Å²) in [6, 6.07) is 31.4. The number of rotatable bonds is 8. The first kappa shape index (κ1) is 30.0. The standard InChI is InChI=1S/C38H40ClN3O2/c1-38(2,3)30-16-11-27(12-17-30)25-41(32-20-18-31(39)19-21-32)24-26-9-13-28(14-10-26)36-40-34-23-29(37(43)44)15-22-35(34)42(36)33-7-5-4-6-8-33/h9-23,33H,4-8,24-25H2,1-3H3,(H,43,44). The van der Waals surface area contributed by atoms with Gasteiger partial charge in [-0.15, -0.1) is 0 Å². The average Bonchev–Trinajstić information content (AvgIpc) is 3.41. The lowest BCUT2D eigenvalue weighted by Crippen LogP contribution is -2.22. The summed E-state index contributed by atoms with van der Waals surface area (Å²) in [6.45, 7) is 8.23. The van der Waals surface area contributed by atoms with Crippen LogP contribution in [0, 0.1) is 0 Å². The molecule has 6 rings (SSSR count). The second-order valence-electron chi connectivity index (χ2n) is 13.1. The summed E-state index contributed by atoms with van der Waals surface area (Å²) in [5.41, 5.74) is 8.07. The Labute approximate surface area is 265 Å². The smallest absolute Gasteiger partial charge is 0.335 e. The van der Waals surface area contributed by atoms with Gasteiger partial charge in [0.05, 0.1) is 16.6 Å². The Morgan fingerprint density at radius 2 is 1.48 bits per heavy atom. The minimum Gasteiger partial charge on any atom is -0.478 e. The summed E-state index contributed by atoms with van der Waals surface area (Å²) in [5, 5.41) is 10.3. The molecule has 1 N–H and O–H groups in total. The van der Waals surface area contributed by atoms with Gasteiger partial charge in [0.25, 0.3) is 0 Å². The number of carbonyl (C=O) groups is 1. The highest BCUT2D eigenvalue weighted by molar-refractivity contribution is 6.30. The van der Waals surface area contributed by atoms with Gasteiger partial charge in [-0.25, -0.2) is 9.78 Å². The van der Waals surface area contributed by atoms with Gasteiger partial charge < -0.3 is 14.6 Å². The first-order valence-electron chi connectivity index (χ1n) is 15.6. The number of hydrogen-bond donors (Lipinski definition) is 1. The third-order valence-corrected chi connectivity index (χ3v) is 9.10. The van der Waals surface area contributed by atoms with Gasteiger partial charge in [0, 0.05) is 35.4 Å². The van der Waals surface area contributed by atoms with E-state index in [9.17, 15) is 9.90 Å². The van der Waals surface area contributed by atoms with E-state index in [-0.39, 0.29) is 11.0 Å². The summed E-state index contributed by atoms with van der Waals surface area (Å²) in [6.07, 6.45) is 5.90. The Balaban J connectivity index is 1.30. The monoisotopic (exact) mass is 605 g/mol. The topological polar surface area (TPSA) is 58.4 Å². The molecule has 0 saturated heterocycles. The Morgan fingerprint density at radius 1 is 0.864 bits per heavy atom. The zero-order chi connectivity index (χ0) is 30.8. The van der Waals surface area contributed by atoms with E-state index in [0.29, 0.717) is 6.04 Å². The van der Waals surface area contributed by atoms with E-state index in [0.717, 1.165) is 59.1 Å². The van der Waals surface area contributed by atoms with Crippen molar-refractivity contribution < 1.29 is 9.90 Å². The molecule has 0 amide bonds. The highest BCUT2D eigenvalue weighted by atomic mass is 35.5. The van der Waals surface area contributed by atoms with Crippen molar-refractivity contribution >= 4 is 34.3 Å². The van der Waals surface area contributed by atoms with E-state index in [1.165, 1.54) is 36.0 Å². The number of hydrogen-bond acceptors (Lipinski definition) is 3. The van der Waals surface area contributed by atoms with Crippen molar-refractivity contribution in [3.8, 4) is 11.4 Å². The quantitative estimate of drug-likeness (QED) is 0.191. The summed E-state index contributed by atoms with van der Waals surface area (Å²) >= 11 is 6.24. The molecule has 0 bridgehead atoms. The van der Waals surface area contributed by atoms with Crippen LogP contribution in [0.5, 0.6) is 0 Å². The molecule has 44 heavy (non-hydrogen) atoms.